The lowest BCUT2D eigenvalue weighted by molar-refractivity contribution is -0.126. The number of nitrogens with zero attached hydrogens (tertiary/aromatic N) is 2. The SMILES string of the molecule is CCOc1ccccc1/C=C/C(=O)N1CCN(c2cc(Cl)ccc2C)CC1. The molecule has 0 atom stereocenters. The number of ether oxygens (including phenoxy) is 1. The molecule has 1 heterocycles. The number of piperazine rings is 1. The van der Waals surface area contributed by atoms with Crippen molar-refractivity contribution in [1.29, 1.82) is 0 Å². The van der Waals surface area contributed by atoms with Crippen LogP contribution < -0.4 is 9.64 Å². The first-order valence-corrected chi connectivity index (χ1v) is 9.66. The van der Waals surface area contributed by atoms with E-state index in [2.05, 4.69) is 11.8 Å². The highest BCUT2D eigenvalue weighted by Gasteiger charge is 2.21. The van der Waals surface area contributed by atoms with E-state index in [1.54, 1.807) is 6.08 Å². The topological polar surface area (TPSA) is 32.8 Å². The molecule has 0 aliphatic carbocycles. The third kappa shape index (κ3) is 4.83. The average molecular weight is 385 g/mol. The van der Waals surface area contributed by atoms with E-state index in [0.29, 0.717) is 19.7 Å². The van der Waals surface area contributed by atoms with Crippen LogP contribution in [-0.2, 0) is 4.79 Å². The van der Waals surface area contributed by atoms with Crippen LogP contribution in [0.5, 0.6) is 5.75 Å². The maximum atomic E-state index is 12.6. The van der Waals surface area contributed by atoms with E-state index in [-0.39, 0.29) is 5.91 Å². The molecule has 1 amide bonds. The highest BCUT2D eigenvalue weighted by Crippen LogP contribution is 2.25. The zero-order valence-corrected chi connectivity index (χ0v) is 16.6. The molecular formula is C22H25ClN2O2. The second-order valence-corrected chi connectivity index (χ2v) is 6.98. The molecule has 0 bridgehead atoms. The Balaban J connectivity index is 1.61. The standard InChI is InChI=1S/C22H25ClN2O2/c1-3-27-21-7-5-4-6-18(21)9-11-22(26)25-14-12-24(13-15-25)20-16-19(23)10-8-17(20)2/h4-11,16H,3,12-15H2,1-2H3/b11-9+. The minimum Gasteiger partial charge on any atom is -0.493 e. The van der Waals surface area contributed by atoms with Crippen LogP contribution in [0.2, 0.25) is 5.02 Å². The first-order chi connectivity index (χ1) is 13.1. The van der Waals surface area contributed by atoms with Crippen molar-refractivity contribution in [3.63, 3.8) is 0 Å². The van der Waals surface area contributed by atoms with Crippen molar-refractivity contribution >= 4 is 29.3 Å². The molecule has 0 saturated carbocycles. The Morgan fingerprint density at radius 1 is 1.15 bits per heavy atom. The Hall–Kier alpha value is -2.46. The molecule has 0 radical (unpaired) electrons. The zero-order valence-electron chi connectivity index (χ0n) is 15.8. The normalized spacial score (nSPS) is 14.6. The lowest BCUT2D eigenvalue weighted by atomic mass is 10.1. The fraction of sp³-hybridized carbons (Fsp3) is 0.318. The summed E-state index contributed by atoms with van der Waals surface area (Å²) in [6, 6.07) is 13.7. The lowest BCUT2D eigenvalue weighted by Crippen LogP contribution is -2.48. The molecule has 27 heavy (non-hydrogen) atoms. The largest absolute Gasteiger partial charge is 0.493 e. The number of rotatable bonds is 5. The Labute approximate surface area is 166 Å². The summed E-state index contributed by atoms with van der Waals surface area (Å²) in [4.78, 5) is 16.7. The van der Waals surface area contributed by atoms with E-state index in [1.165, 1.54) is 5.56 Å². The van der Waals surface area contributed by atoms with Crippen LogP contribution in [0.4, 0.5) is 5.69 Å². The molecule has 142 valence electrons. The van der Waals surface area contributed by atoms with Crippen molar-refractivity contribution in [2.24, 2.45) is 0 Å². The van der Waals surface area contributed by atoms with Crippen LogP contribution in [0.25, 0.3) is 6.08 Å². The minimum absolute atomic E-state index is 0.0313. The van der Waals surface area contributed by atoms with Gasteiger partial charge in [-0.15, -0.1) is 0 Å². The van der Waals surface area contributed by atoms with Crippen LogP contribution in [0.1, 0.15) is 18.1 Å². The fourth-order valence-corrected chi connectivity index (χ4v) is 3.43. The Kier molecular flexibility index (Phi) is 6.40. The summed E-state index contributed by atoms with van der Waals surface area (Å²) in [6.07, 6.45) is 3.47. The predicted octanol–water partition coefficient (Wildman–Crippen LogP) is 4.41. The number of aryl methyl sites for hydroxylation is 1. The van der Waals surface area contributed by atoms with E-state index in [1.807, 2.05) is 60.4 Å². The smallest absolute Gasteiger partial charge is 0.246 e. The fourth-order valence-electron chi connectivity index (χ4n) is 3.26. The highest BCUT2D eigenvalue weighted by atomic mass is 35.5. The summed E-state index contributed by atoms with van der Waals surface area (Å²) in [5.74, 6) is 0.828. The Morgan fingerprint density at radius 3 is 2.63 bits per heavy atom. The summed E-state index contributed by atoms with van der Waals surface area (Å²) < 4.78 is 5.61. The maximum absolute atomic E-state index is 12.6. The molecule has 0 spiro atoms. The molecule has 1 aliphatic rings. The van der Waals surface area contributed by atoms with Gasteiger partial charge in [0.25, 0.3) is 0 Å². The molecular weight excluding hydrogens is 360 g/mol. The van der Waals surface area contributed by atoms with Crippen molar-refractivity contribution in [2.45, 2.75) is 13.8 Å². The molecule has 4 nitrogen and oxygen atoms in total. The summed E-state index contributed by atoms with van der Waals surface area (Å²) in [6.45, 7) is 7.63. The van der Waals surface area contributed by atoms with Crippen molar-refractivity contribution in [3.8, 4) is 5.75 Å². The summed E-state index contributed by atoms with van der Waals surface area (Å²) in [5.41, 5.74) is 3.27. The van der Waals surface area contributed by atoms with Crippen LogP contribution in [0, 0.1) is 6.92 Å². The molecule has 1 saturated heterocycles. The van der Waals surface area contributed by atoms with Gasteiger partial charge in [-0.25, -0.2) is 0 Å². The van der Waals surface area contributed by atoms with Crippen LogP contribution in [0.3, 0.4) is 0 Å². The quantitative estimate of drug-likeness (QED) is 0.716. The molecule has 0 N–H and O–H groups in total. The molecule has 3 rings (SSSR count). The number of halogens is 1. The zero-order chi connectivity index (χ0) is 19.2. The van der Waals surface area contributed by atoms with Crippen LogP contribution in [0.15, 0.2) is 48.5 Å². The number of carbonyl (C=O) groups excluding carboxylic acids is 1. The molecule has 2 aromatic rings. The van der Waals surface area contributed by atoms with Crippen molar-refractivity contribution in [3.05, 3.63) is 64.7 Å². The molecule has 2 aromatic carbocycles. The molecule has 0 unspecified atom stereocenters. The van der Waals surface area contributed by atoms with Gasteiger partial charge in [0.15, 0.2) is 0 Å². The van der Waals surface area contributed by atoms with Crippen LogP contribution in [-0.4, -0.2) is 43.6 Å². The van der Waals surface area contributed by atoms with E-state index >= 15 is 0 Å². The molecule has 0 aromatic heterocycles. The van der Waals surface area contributed by atoms with Gasteiger partial charge in [-0.05, 0) is 43.7 Å². The van der Waals surface area contributed by atoms with E-state index in [4.69, 9.17) is 16.3 Å². The van der Waals surface area contributed by atoms with Gasteiger partial charge in [-0.3, -0.25) is 4.79 Å². The summed E-state index contributed by atoms with van der Waals surface area (Å²) in [5, 5.41) is 0.741. The molecule has 1 aliphatic heterocycles. The summed E-state index contributed by atoms with van der Waals surface area (Å²) >= 11 is 6.14. The van der Waals surface area contributed by atoms with Crippen molar-refractivity contribution in [2.75, 3.05) is 37.7 Å². The first kappa shape index (κ1) is 19.3. The van der Waals surface area contributed by atoms with E-state index in [9.17, 15) is 4.79 Å². The van der Waals surface area contributed by atoms with Gasteiger partial charge >= 0.3 is 0 Å². The number of amides is 1. The van der Waals surface area contributed by atoms with Gasteiger partial charge < -0.3 is 14.5 Å². The second kappa shape index (κ2) is 8.96. The Morgan fingerprint density at radius 2 is 1.89 bits per heavy atom. The highest BCUT2D eigenvalue weighted by molar-refractivity contribution is 6.30. The number of anilines is 1. The third-order valence-electron chi connectivity index (χ3n) is 4.73. The molecule has 1 fully saturated rings. The van der Waals surface area contributed by atoms with Crippen molar-refractivity contribution in [1.82, 2.24) is 4.90 Å². The van der Waals surface area contributed by atoms with Gasteiger partial charge in [-0.2, -0.15) is 0 Å². The number of para-hydroxylation sites is 1. The van der Waals surface area contributed by atoms with Crippen LogP contribution >= 0.6 is 11.6 Å². The van der Waals surface area contributed by atoms with Gasteiger partial charge in [0.2, 0.25) is 5.91 Å². The summed E-state index contributed by atoms with van der Waals surface area (Å²) in [7, 11) is 0. The first-order valence-electron chi connectivity index (χ1n) is 9.28. The number of carbonyl (C=O) groups is 1. The second-order valence-electron chi connectivity index (χ2n) is 6.55. The van der Waals surface area contributed by atoms with Crippen molar-refractivity contribution < 1.29 is 9.53 Å². The number of benzene rings is 2. The minimum atomic E-state index is 0.0313. The van der Waals surface area contributed by atoms with Gasteiger partial charge in [0, 0.05) is 48.5 Å². The van der Waals surface area contributed by atoms with E-state index < -0.39 is 0 Å². The molecule has 5 heteroatoms. The number of hydrogen-bond donors (Lipinski definition) is 0. The monoisotopic (exact) mass is 384 g/mol. The average Bonchev–Trinajstić information content (AvgIpc) is 2.69. The van der Waals surface area contributed by atoms with Gasteiger partial charge in [0.1, 0.15) is 5.75 Å². The van der Waals surface area contributed by atoms with E-state index in [0.717, 1.165) is 35.1 Å². The maximum Gasteiger partial charge on any atom is 0.246 e. The third-order valence-corrected chi connectivity index (χ3v) is 4.96. The lowest BCUT2D eigenvalue weighted by Gasteiger charge is -2.36. The predicted molar refractivity (Wildman–Crippen MR) is 112 cm³/mol. The van der Waals surface area contributed by atoms with Gasteiger partial charge in [0.05, 0.1) is 6.61 Å². The van der Waals surface area contributed by atoms with Gasteiger partial charge in [-0.1, -0.05) is 35.9 Å². The Bertz CT molecular complexity index is 827. The number of hydrogen-bond acceptors (Lipinski definition) is 3.